The number of hydrogen-bond acceptors (Lipinski definition) is 7. The number of carbonyl (C=O) groups is 3. The van der Waals surface area contributed by atoms with Crippen molar-refractivity contribution >= 4 is 41.6 Å². The first kappa shape index (κ1) is 21.7. The first-order chi connectivity index (χ1) is 6.85. The molecular weight excluding hydrogens is 325 g/mol. The minimum atomic E-state index is -2.60. The molecule has 0 saturated carbocycles. The van der Waals surface area contributed by atoms with Gasteiger partial charge in [-0.3, -0.25) is 9.59 Å². The number of carboxylic acid groups (broad SMARTS) is 1. The maximum Gasteiger partial charge on any atom is 0.357 e. The van der Waals surface area contributed by atoms with Crippen molar-refractivity contribution in [3.8, 4) is 0 Å². The van der Waals surface area contributed by atoms with Gasteiger partial charge in [0, 0.05) is 17.1 Å². The van der Waals surface area contributed by atoms with E-state index in [1.54, 1.807) is 0 Å². The Morgan fingerprint density at radius 3 is 1.88 bits per heavy atom. The van der Waals surface area contributed by atoms with Crippen LogP contribution in [0.1, 0.15) is 12.8 Å². The van der Waals surface area contributed by atoms with Gasteiger partial charge in [0.25, 0.3) is 0 Å². The van der Waals surface area contributed by atoms with Gasteiger partial charge in [0.05, 0.1) is 12.8 Å². The molecule has 11 heteroatoms. The number of aliphatic carboxylic acids is 1. The molecule has 0 aromatic heterocycles. The van der Waals surface area contributed by atoms with Crippen molar-refractivity contribution in [1.82, 2.24) is 6.15 Å². The second kappa shape index (κ2) is 9.46. The fourth-order valence-corrected chi connectivity index (χ4v) is 0.993. The number of rotatable bonds is 5. The molecule has 0 aliphatic carbocycles. The van der Waals surface area contributed by atoms with Crippen molar-refractivity contribution in [2.24, 2.45) is 0 Å². The summed E-state index contributed by atoms with van der Waals surface area (Å²) in [6.07, 6.45) is -2.04. The normalized spacial score (nSPS) is 12.2. The van der Waals surface area contributed by atoms with Crippen LogP contribution in [0.2, 0.25) is 0 Å². The van der Waals surface area contributed by atoms with E-state index in [4.69, 9.17) is 5.11 Å². The SMILES string of the molecule is N.O=C(O)CC(O)(CC(=O)OCl)C(=O)OCl.[Fe]. The fourth-order valence-electron chi connectivity index (χ4n) is 0.795. The predicted molar refractivity (Wildman–Crippen MR) is 50.7 cm³/mol. The van der Waals surface area contributed by atoms with Crippen LogP contribution in [0.3, 0.4) is 0 Å². The van der Waals surface area contributed by atoms with E-state index in [0.29, 0.717) is 0 Å². The molecule has 0 spiro atoms. The van der Waals surface area contributed by atoms with Crippen molar-refractivity contribution in [1.29, 1.82) is 0 Å². The molecule has 0 radical (unpaired) electrons. The summed E-state index contributed by atoms with van der Waals surface area (Å²) in [7, 11) is 0. The van der Waals surface area contributed by atoms with Crippen molar-refractivity contribution in [2.45, 2.75) is 18.4 Å². The second-order valence-corrected chi connectivity index (χ2v) is 2.90. The molecule has 0 heterocycles. The van der Waals surface area contributed by atoms with Crippen LogP contribution in [-0.4, -0.2) is 33.7 Å². The molecule has 1 atom stereocenters. The van der Waals surface area contributed by atoms with Crippen molar-refractivity contribution < 1.29 is 50.2 Å². The Kier molecular flexibility index (Phi) is 12.1. The summed E-state index contributed by atoms with van der Waals surface area (Å²) in [6.45, 7) is 0. The summed E-state index contributed by atoms with van der Waals surface area (Å²) < 4.78 is 7.28. The van der Waals surface area contributed by atoms with Crippen molar-refractivity contribution in [2.75, 3.05) is 0 Å². The van der Waals surface area contributed by atoms with Crippen molar-refractivity contribution in [3.05, 3.63) is 0 Å². The van der Waals surface area contributed by atoms with E-state index in [-0.39, 0.29) is 23.2 Å². The third kappa shape index (κ3) is 7.37. The molecule has 0 aromatic carbocycles. The van der Waals surface area contributed by atoms with Gasteiger partial charge < -0.3 is 24.9 Å². The van der Waals surface area contributed by atoms with E-state index in [1.165, 1.54) is 0 Å². The summed E-state index contributed by atoms with van der Waals surface area (Å²) in [5, 5.41) is 17.8. The zero-order chi connectivity index (χ0) is 12.1. The molecule has 0 amide bonds. The predicted octanol–water partition coefficient (Wildman–Crippen LogP) is 0.136. The maximum atomic E-state index is 10.9. The molecule has 1 unspecified atom stereocenters. The quantitative estimate of drug-likeness (QED) is 0.602. The van der Waals surface area contributed by atoms with E-state index in [0.717, 1.165) is 0 Å². The topological polar surface area (TPSA) is 145 Å². The van der Waals surface area contributed by atoms with Gasteiger partial charge in [0.15, 0.2) is 5.60 Å². The molecule has 0 aliphatic rings. The van der Waals surface area contributed by atoms with Crippen LogP contribution in [0, 0.1) is 0 Å². The molecule has 0 aromatic rings. The van der Waals surface area contributed by atoms with Crippen LogP contribution in [-0.2, 0) is 40.0 Å². The van der Waals surface area contributed by atoms with Gasteiger partial charge in [-0.05, 0) is 0 Å². The zero-order valence-corrected chi connectivity index (χ0v) is 10.8. The van der Waals surface area contributed by atoms with Gasteiger partial charge >= 0.3 is 17.9 Å². The average Bonchev–Trinajstić information content (AvgIpc) is 2.14. The molecule has 0 aliphatic heterocycles. The zero-order valence-electron chi connectivity index (χ0n) is 8.17. The molecule has 0 fully saturated rings. The van der Waals surface area contributed by atoms with Gasteiger partial charge in [-0.1, -0.05) is 0 Å². The smallest absolute Gasteiger partial charge is 0.357 e. The molecule has 5 N–H and O–H groups in total. The Hall–Kier alpha value is -0.571. The molecule has 8 nitrogen and oxygen atoms in total. The van der Waals surface area contributed by atoms with Crippen LogP contribution in [0.25, 0.3) is 0 Å². The fraction of sp³-hybridized carbons (Fsp3) is 0.500. The molecular formula is C6H9Cl2FeNO7. The van der Waals surface area contributed by atoms with Gasteiger partial charge in [0.2, 0.25) is 0 Å². The Balaban J connectivity index is -0.000000980. The van der Waals surface area contributed by atoms with E-state index in [2.05, 4.69) is 32.3 Å². The summed E-state index contributed by atoms with van der Waals surface area (Å²) >= 11 is 9.31. The first-order valence-electron chi connectivity index (χ1n) is 3.44. The van der Waals surface area contributed by atoms with Gasteiger partial charge in [-0.15, -0.1) is 0 Å². The average molecular weight is 334 g/mol. The summed E-state index contributed by atoms with van der Waals surface area (Å²) in [6, 6.07) is 0. The largest absolute Gasteiger partial charge is 0.481 e. The van der Waals surface area contributed by atoms with E-state index < -0.39 is 36.4 Å². The Morgan fingerprint density at radius 2 is 1.59 bits per heavy atom. The van der Waals surface area contributed by atoms with Crippen LogP contribution in [0.15, 0.2) is 0 Å². The van der Waals surface area contributed by atoms with Crippen LogP contribution in [0.5, 0.6) is 0 Å². The van der Waals surface area contributed by atoms with Crippen LogP contribution >= 0.6 is 23.7 Å². The number of carbonyl (C=O) groups excluding carboxylic acids is 2. The van der Waals surface area contributed by atoms with E-state index in [9.17, 15) is 19.5 Å². The number of hydrogen-bond donors (Lipinski definition) is 3. The summed E-state index contributed by atoms with van der Waals surface area (Å²) in [5.74, 6) is -4.20. The maximum absolute atomic E-state index is 10.9. The molecule has 0 saturated heterocycles. The van der Waals surface area contributed by atoms with E-state index >= 15 is 0 Å². The Labute approximate surface area is 117 Å². The number of aliphatic hydroxyl groups is 1. The Morgan fingerprint density at radius 1 is 1.12 bits per heavy atom. The summed E-state index contributed by atoms with van der Waals surface area (Å²) in [4.78, 5) is 31.9. The van der Waals surface area contributed by atoms with E-state index in [1.807, 2.05) is 0 Å². The molecule has 0 bridgehead atoms. The van der Waals surface area contributed by atoms with Crippen molar-refractivity contribution in [3.63, 3.8) is 0 Å². The third-order valence-corrected chi connectivity index (χ3v) is 1.73. The Bertz CT molecular complexity index is 290. The standard InChI is InChI=1S/C6H6Cl2O7.Fe.H3N/c7-14-4(11)2-6(13,1-3(9)10)5(12)15-8;;/h13H,1-2H2,(H,9,10);;1H3. The third-order valence-electron chi connectivity index (χ3n) is 1.42. The van der Waals surface area contributed by atoms with Crippen LogP contribution < -0.4 is 6.15 Å². The first-order valence-corrected chi connectivity index (χ1v) is 4.06. The molecule has 0 rings (SSSR count). The minimum absolute atomic E-state index is 0. The monoisotopic (exact) mass is 333 g/mol. The molecule has 17 heavy (non-hydrogen) atoms. The van der Waals surface area contributed by atoms with Gasteiger partial charge in [-0.2, -0.15) is 0 Å². The minimum Gasteiger partial charge on any atom is -0.481 e. The number of halogens is 2. The summed E-state index contributed by atoms with van der Waals surface area (Å²) in [5.41, 5.74) is -2.60. The number of carboxylic acids is 1. The second-order valence-electron chi connectivity index (χ2n) is 2.59. The van der Waals surface area contributed by atoms with Gasteiger partial charge in [0.1, 0.15) is 23.7 Å². The van der Waals surface area contributed by atoms with Gasteiger partial charge in [-0.25, -0.2) is 4.79 Å². The molecule has 102 valence electrons. The van der Waals surface area contributed by atoms with Crippen LogP contribution in [0.4, 0.5) is 0 Å².